The van der Waals surface area contributed by atoms with Gasteiger partial charge < -0.3 is 48.0 Å². The molecule has 0 aliphatic heterocycles. The van der Waals surface area contributed by atoms with Gasteiger partial charge >= 0.3 is 0 Å². The highest BCUT2D eigenvalue weighted by atomic mass is 127. The average Bonchev–Trinajstić information content (AvgIpc) is 2.74. The molecule has 6 heteroatoms. The molecule has 156 valence electrons. The average molecular weight is 752 g/mol. The molecule has 2 heterocycles. The summed E-state index contributed by atoms with van der Waals surface area (Å²) in [6.07, 6.45) is 8.29. The molecule has 0 amide bonds. The van der Waals surface area contributed by atoms with Crippen LogP contribution in [0.1, 0.15) is 11.1 Å². The Morgan fingerprint density at radius 3 is 1.07 bits per heavy atom. The van der Waals surface area contributed by atoms with E-state index in [-0.39, 0.29) is 48.0 Å². The Morgan fingerprint density at radius 1 is 0.467 bits per heavy atom. The van der Waals surface area contributed by atoms with E-state index in [1.165, 1.54) is 11.1 Å². The van der Waals surface area contributed by atoms with Gasteiger partial charge in [-0.15, -0.1) is 0 Å². The fourth-order valence-corrected chi connectivity index (χ4v) is 3.21. The Hall–Kier alpha value is -0.840. The van der Waals surface area contributed by atoms with Crippen LogP contribution in [-0.4, -0.2) is 0 Å². The second-order valence-corrected chi connectivity index (χ2v) is 8.18. The van der Waals surface area contributed by atoms with Gasteiger partial charge in [-0.1, -0.05) is 68.3 Å². The Kier molecular flexibility index (Phi) is 13.6. The van der Waals surface area contributed by atoms with Crippen molar-refractivity contribution in [3.8, 4) is 0 Å². The fourth-order valence-electron chi connectivity index (χ4n) is 2.68. The maximum Gasteiger partial charge on any atom is 0.173 e. The minimum Gasteiger partial charge on any atom is -1.00 e. The molecule has 0 N–H and O–H groups in total. The quantitative estimate of drug-likeness (QED) is 0.198. The predicted octanol–water partition coefficient (Wildman–Crippen LogP) is -0.422. The first kappa shape index (κ1) is 27.2. The van der Waals surface area contributed by atoms with Crippen molar-refractivity contribution in [3.63, 3.8) is 0 Å². The molecule has 30 heavy (non-hydrogen) atoms. The highest BCUT2D eigenvalue weighted by Crippen LogP contribution is 2.10. The number of rotatable bonds is 4. The van der Waals surface area contributed by atoms with Crippen LogP contribution in [0, 0.1) is 0 Å². The maximum absolute atomic E-state index is 3.42. The van der Waals surface area contributed by atoms with Gasteiger partial charge in [0, 0.05) is 44.3 Å². The second-order valence-electron chi connectivity index (χ2n) is 6.35. The van der Waals surface area contributed by atoms with Crippen molar-refractivity contribution in [2.24, 2.45) is 0 Å². The number of aromatic nitrogens is 2. The van der Waals surface area contributed by atoms with Gasteiger partial charge in [-0.2, -0.15) is 0 Å². The van der Waals surface area contributed by atoms with E-state index in [2.05, 4.69) is 114 Å². The van der Waals surface area contributed by atoms with Crippen LogP contribution < -0.4 is 57.1 Å². The minimum absolute atomic E-state index is 0. The molecule has 0 saturated carbocycles. The van der Waals surface area contributed by atoms with Crippen LogP contribution in [0.25, 0.3) is 0 Å². The van der Waals surface area contributed by atoms with Gasteiger partial charge in [0.1, 0.15) is 0 Å². The van der Waals surface area contributed by atoms with Crippen molar-refractivity contribution >= 4 is 31.9 Å². The van der Waals surface area contributed by atoms with Crippen molar-refractivity contribution < 1.29 is 57.1 Å². The van der Waals surface area contributed by atoms with Gasteiger partial charge in [-0.3, -0.25) is 0 Å². The van der Waals surface area contributed by atoms with E-state index in [0.717, 1.165) is 22.0 Å². The number of hydrogen-bond acceptors (Lipinski definition) is 0. The van der Waals surface area contributed by atoms with Crippen molar-refractivity contribution in [3.05, 3.63) is 130 Å². The molecule has 0 atom stereocenters. The van der Waals surface area contributed by atoms with E-state index in [4.69, 9.17) is 0 Å². The van der Waals surface area contributed by atoms with E-state index in [1.54, 1.807) is 0 Å². The molecule has 0 spiro atoms. The molecule has 0 bridgehead atoms. The molecule has 4 aromatic rings. The Morgan fingerprint density at radius 2 is 0.767 bits per heavy atom. The lowest BCUT2D eigenvalue weighted by molar-refractivity contribution is -0.688. The molecule has 0 aliphatic carbocycles. The molecular formula is C24H22Br2I2N2. The van der Waals surface area contributed by atoms with Crippen LogP contribution >= 0.6 is 31.9 Å². The summed E-state index contributed by atoms with van der Waals surface area (Å²) < 4.78 is 6.56. The van der Waals surface area contributed by atoms with Crippen LogP contribution in [0.5, 0.6) is 0 Å². The topological polar surface area (TPSA) is 7.76 Å². The van der Waals surface area contributed by atoms with Crippen molar-refractivity contribution in [1.82, 2.24) is 0 Å². The van der Waals surface area contributed by atoms with E-state index < -0.39 is 0 Å². The molecule has 0 unspecified atom stereocenters. The van der Waals surface area contributed by atoms with Crippen LogP contribution in [-0.2, 0) is 13.1 Å². The fraction of sp³-hybridized carbons (Fsp3) is 0.0833. The summed E-state index contributed by atoms with van der Waals surface area (Å²) in [5.74, 6) is 0. The molecule has 2 aromatic carbocycles. The Balaban J connectivity index is 0.000000281. The second kappa shape index (κ2) is 15.0. The van der Waals surface area contributed by atoms with Gasteiger partial charge in [-0.05, 0) is 24.3 Å². The van der Waals surface area contributed by atoms with E-state index in [9.17, 15) is 0 Å². The van der Waals surface area contributed by atoms with E-state index in [1.807, 2.05) is 36.4 Å². The first-order valence-electron chi connectivity index (χ1n) is 9.06. The molecule has 2 aromatic heterocycles. The molecule has 4 rings (SSSR count). The number of pyridine rings is 2. The number of halogens is 4. The molecular weight excluding hydrogens is 730 g/mol. The molecule has 0 saturated heterocycles. The first-order valence-corrected chi connectivity index (χ1v) is 10.6. The number of nitrogens with zero attached hydrogens (tertiary/aromatic N) is 2. The summed E-state index contributed by atoms with van der Waals surface area (Å²) in [5.41, 5.74) is 2.62. The molecule has 2 nitrogen and oxygen atoms in total. The smallest absolute Gasteiger partial charge is 0.173 e. The van der Waals surface area contributed by atoms with Crippen LogP contribution in [0.3, 0.4) is 0 Å². The summed E-state index contributed by atoms with van der Waals surface area (Å²) in [5, 5.41) is 0. The summed E-state index contributed by atoms with van der Waals surface area (Å²) in [4.78, 5) is 0. The SMILES string of the molecule is Brc1ccc(C[n+]2ccccc2)cc1.Brc1ccc(C[n+]2ccccc2)cc1.[I-].[I-]. The van der Waals surface area contributed by atoms with Crippen molar-refractivity contribution in [1.29, 1.82) is 0 Å². The van der Waals surface area contributed by atoms with Crippen molar-refractivity contribution in [2.45, 2.75) is 13.1 Å². The lowest BCUT2D eigenvalue weighted by Crippen LogP contribution is -3.00. The summed E-state index contributed by atoms with van der Waals surface area (Å²) >= 11 is 6.85. The summed E-state index contributed by atoms with van der Waals surface area (Å²) in [6, 6.07) is 29.0. The molecule has 0 aliphatic rings. The highest BCUT2D eigenvalue weighted by Gasteiger charge is 2.00. The van der Waals surface area contributed by atoms with E-state index in [0.29, 0.717) is 0 Å². The van der Waals surface area contributed by atoms with Crippen LogP contribution in [0.2, 0.25) is 0 Å². The third-order valence-corrected chi connectivity index (χ3v) is 5.17. The summed E-state index contributed by atoms with van der Waals surface area (Å²) in [7, 11) is 0. The predicted molar refractivity (Wildman–Crippen MR) is 120 cm³/mol. The Labute approximate surface area is 229 Å². The largest absolute Gasteiger partial charge is 1.00 e. The van der Waals surface area contributed by atoms with Crippen LogP contribution in [0.15, 0.2) is 119 Å². The zero-order valence-corrected chi connectivity index (χ0v) is 23.7. The zero-order valence-electron chi connectivity index (χ0n) is 16.2. The van der Waals surface area contributed by atoms with E-state index >= 15 is 0 Å². The monoisotopic (exact) mass is 750 g/mol. The number of benzene rings is 2. The van der Waals surface area contributed by atoms with Gasteiger partial charge in [-0.25, -0.2) is 9.13 Å². The van der Waals surface area contributed by atoms with Crippen LogP contribution in [0.4, 0.5) is 0 Å². The van der Waals surface area contributed by atoms with Gasteiger partial charge in [0.2, 0.25) is 0 Å². The summed E-state index contributed by atoms with van der Waals surface area (Å²) in [6.45, 7) is 1.85. The lowest BCUT2D eigenvalue weighted by Gasteiger charge is -1.97. The standard InChI is InChI=1S/2C12H11BrN.2HI/c2*13-12-6-4-11(5-7-12)10-14-8-2-1-3-9-14;;/h2*1-9H,10H2;2*1H/q2*+1;;/p-2. The van der Waals surface area contributed by atoms with Crippen molar-refractivity contribution in [2.75, 3.05) is 0 Å². The molecule has 0 radical (unpaired) electrons. The number of hydrogen-bond donors (Lipinski definition) is 0. The normalized spacial score (nSPS) is 9.40. The van der Waals surface area contributed by atoms with Gasteiger partial charge in [0.15, 0.2) is 37.9 Å². The zero-order chi connectivity index (χ0) is 19.6. The minimum atomic E-state index is 0. The van der Waals surface area contributed by atoms with Gasteiger partial charge in [0.05, 0.1) is 0 Å². The van der Waals surface area contributed by atoms with Gasteiger partial charge in [0.25, 0.3) is 0 Å². The molecule has 0 fully saturated rings. The lowest BCUT2D eigenvalue weighted by atomic mass is 10.2. The third kappa shape index (κ3) is 9.98. The maximum atomic E-state index is 3.42. The Bertz CT molecular complexity index is 882. The first-order chi connectivity index (χ1) is 13.7. The highest BCUT2D eigenvalue weighted by molar-refractivity contribution is 9.10. The third-order valence-electron chi connectivity index (χ3n) is 4.11.